The van der Waals surface area contributed by atoms with Crippen molar-refractivity contribution in [3.63, 3.8) is 0 Å². The van der Waals surface area contributed by atoms with Crippen LogP contribution < -0.4 is 9.47 Å². The summed E-state index contributed by atoms with van der Waals surface area (Å²) in [6, 6.07) is 22.9. The number of ketones is 1. The number of para-hydroxylation sites is 1. The van der Waals surface area contributed by atoms with E-state index in [0.29, 0.717) is 35.7 Å². The van der Waals surface area contributed by atoms with Crippen LogP contribution in [0.4, 0.5) is 0 Å². The first-order chi connectivity index (χ1) is 15.2. The van der Waals surface area contributed by atoms with E-state index in [1.807, 2.05) is 6.07 Å². The Morgan fingerprint density at radius 2 is 1.42 bits per heavy atom. The van der Waals surface area contributed by atoms with E-state index >= 15 is 0 Å². The van der Waals surface area contributed by atoms with Crippen LogP contribution in [-0.2, 0) is 4.79 Å². The van der Waals surface area contributed by atoms with Crippen molar-refractivity contribution in [1.29, 1.82) is 0 Å². The van der Waals surface area contributed by atoms with Crippen LogP contribution in [-0.4, -0.2) is 30.1 Å². The minimum absolute atomic E-state index is 0.0918. The maximum atomic E-state index is 12.7. The summed E-state index contributed by atoms with van der Waals surface area (Å²) >= 11 is 0. The molecule has 158 valence electrons. The largest absolute Gasteiger partial charge is 0.494 e. The molecular weight excluding hydrogens is 392 g/mol. The minimum Gasteiger partial charge on any atom is -0.494 e. The van der Waals surface area contributed by atoms with Gasteiger partial charge in [-0.15, -0.1) is 0 Å². The third-order valence-electron chi connectivity index (χ3n) is 4.48. The molecule has 1 N–H and O–H groups in total. The van der Waals surface area contributed by atoms with Crippen LogP contribution in [0.15, 0.2) is 84.9 Å². The molecule has 3 rings (SSSR count). The number of hydrogen-bond donors (Lipinski definition) is 1. The molecule has 0 aliphatic carbocycles. The van der Waals surface area contributed by atoms with Gasteiger partial charge in [0.15, 0.2) is 5.78 Å². The molecule has 0 saturated carbocycles. The Hall–Kier alpha value is -3.70. The number of aliphatic hydroxyl groups excluding tert-OH is 1. The lowest BCUT2D eigenvalue weighted by atomic mass is 10.0. The zero-order valence-corrected chi connectivity index (χ0v) is 17.1. The van der Waals surface area contributed by atoms with Crippen molar-refractivity contribution in [3.8, 4) is 11.5 Å². The van der Waals surface area contributed by atoms with Crippen molar-refractivity contribution in [2.45, 2.75) is 12.8 Å². The zero-order valence-electron chi connectivity index (χ0n) is 17.1. The van der Waals surface area contributed by atoms with E-state index in [0.717, 1.165) is 12.0 Å². The molecule has 5 nitrogen and oxygen atoms in total. The fourth-order valence-electron chi connectivity index (χ4n) is 2.82. The molecule has 3 aromatic rings. The molecule has 0 saturated heterocycles. The van der Waals surface area contributed by atoms with E-state index in [1.165, 1.54) is 6.08 Å². The maximum Gasteiger partial charge on any atom is 0.336 e. The number of carbonyl (C=O) groups excluding carboxylic acids is 2. The van der Waals surface area contributed by atoms with Gasteiger partial charge in [-0.2, -0.15) is 0 Å². The van der Waals surface area contributed by atoms with Crippen LogP contribution in [0, 0.1) is 0 Å². The predicted octanol–water partition coefficient (Wildman–Crippen LogP) is 4.69. The number of esters is 1. The molecule has 5 heteroatoms. The van der Waals surface area contributed by atoms with E-state index in [9.17, 15) is 9.59 Å². The van der Waals surface area contributed by atoms with Crippen molar-refractivity contribution in [1.82, 2.24) is 0 Å². The second-order valence-electron chi connectivity index (χ2n) is 6.82. The number of hydrogen-bond acceptors (Lipinski definition) is 5. The van der Waals surface area contributed by atoms with E-state index in [-0.39, 0.29) is 12.4 Å². The molecule has 0 unspecified atom stereocenters. The van der Waals surface area contributed by atoms with E-state index < -0.39 is 5.97 Å². The first kappa shape index (κ1) is 22.0. The van der Waals surface area contributed by atoms with E-state index in [2.05, 4.69) is 0 Å². The molecular formula is C26H24O5. The van der Waals surface area contributed by atoms with Gasteiger partial charge in [0.2, 0.25) is 0 Å². The van der Waals surface area contributed by atoms with Gasteiger partial charge in [-0.25, -0.2) is 4.79 Å². The Kier molecular flexibility index (Phi) is 8.14. The average molecular weight is 416 g/mol. The van der Waals surface area contributed by atoms with Crippen molar-refractivity contribution in [2.75, 3.05) is 13.2 Å². The first-order valence-electron chi connectivity index (χ1n) is 10.1. The van der Waals surface area contributed by atoms with Crippen LogP contribution in [0.2, 0.25) is 0 Å². The van der Waals surface area contributed by atoms with Gasteiger partial charge in [0, 0.05) is 23.8 Å². The minimum atomic E-state index is -0.468. The van der Waals surface area contributed by atoms with Gasteiger partial charge in [0.1, 0.15) is 11.5 Å². The Balaban J connectivity index is 1.55. The smallest absolute Gasteiger partial charge is 0.336 e. The van der Waals surface area contributed by atoms with Crippen molar-refractivity contribution < 1.29 is 24.2 Å². The number of unbranched alkanes of at least 4 members (excludes halogenated alkanes) is 1. The molecule has 0 atom stereocenters. The van der Waals surface area contributed by atoms with E-state index in [1.54, 1.807) is 78.9 Å². The summed E-state index contributed by atoms with van der Waals surface area (Å²) in [6.07, 6.45) is 4.48. The summed E-state index contributed by atoms with van der Waals surface area (Å²) in [7, 11) is 0. The Bertz CT molecular complexity index is 1010. The number of benzene rings is 3. The summed E-state index contributed by atoms with van der Waals surface area (Å²) in [4.78, 5) is 24.6. The van der Waals surface area contributed by atoms with Gasteiger partial charge in [-0.05, 0) is 60.9 Å². The topological polar surface area (TPSA) is 72.8 Å². The maximum absolute atomic E-state index is 12.7. The van der Waals surface area contributed by atoms with Crippen LogP contribution in [0.5, 0.6) is 11.5 Å². The summed E-state index contributed by atoms with van der Waals surface area (Å²) in [5.41, 5.74) is 1.91. The molecule has 0 spiro atoms. The highest BCUT2D eigenvalue weighted by atomic mass is 16.5. The fourth-order valence-corrected chi connectivity index (χ4v) is 2.82. The Morgan fingerprint density at radius 1 is 0.774 bits per heavy atom. The van der Waals surface area contributed by atoms with Gasteiger partial charge in [0.25, 0.3) is 0 Å². The Labute approximate surface area is 181 Å². The fraction of sp³-hybridized carbons (Fsp3) is 0.154. The third kappa shape index (κ3) is 6.94. The second-order valence-corrected chi connectivity index (χ2v) is 6.82. The van der Waals surface area contributed by atoms with Crippen LogP contribution in [0.25, 0.3) is 6.08 Å². The lowest BCUT2D eigenvalue weighted by molar-refractivity contribution is -0.128. The van der Waals surface area contributed by atoms with Crippen LogP contribution in [0.3, 0.4) is 0 Å². The first-order valence-corrected chi connectivity index (χ1v) is 10.1. The van der Waals surface area contributed by atoms with Crippen LogP contribution in [0.1, 0.15) is 34.3 Å². The van der Waals surface area contributed by atoms with Crippen molar-refractivity contribution in [2.24, 2.45) is 0 Å². The molecule has 0 heterocycles. The Morgan fingerprint density at radius 3 is 2.06 bits per heavy atom. The van der Waals surface area contributed by atoms with Gasteiger partial charge in [0.05, 0.1) is 6.61 Å². The highest BCUT2D eigenvalue weighted by molar-refractivity contribution is 6.09. The van der Waals surface area contributed by atoms with Gasteiger partial charge < -0.3 is 14.6 Å². The van der Waals surface area contributed by atoms with Gasteiger partial charge >= 0.3 is 5.97 Å². The number of rotatable bonds is 10. The summed E-state index contributed by atoms with van der Waals surface area (Å²) in [5.74, 6) is 0.618. The molecule has 3 aromatic carbocycles. The standard InChI is InChI=1S/C26H24O5/c27-18-4-5-19-30-23-15-13-22(14-16-23)26(29)21-11-8-20(9-12-21)10-17-25(28)31-24-6-2-1-3-7-24/h1-3,6-17,27H,4-5,18-19H2/b17-10+. The molecule has 0 bridgehead atoms. The summed E-state index contributed by atoms with van der Waals surface area (Å²) in [5, 5.41) is 8.78. The molecule has 0 aliphatic rings. The molecule has 0 radical (unpaired) electrons. The number of carbonyl (C=O) groups is 2. The molecule has 0 aliphatic heterocycles. The van der Waals surface area contributed by atoms with Crippen molar-refractivity contribution >= 4 is 17.8 Å². The van der Waals surface area contributed by atoms with E-state index in [4.69, 9.17) is 14.6 Å². The van der Waals surface area contributed by atoms with Gasteiger partial charge in [-0.3, -0.25) is 4.79 Å². The second kappa shape index (κ2) is 11.5. The normalized spacial score (nSPS) is 10.7. The molecule has 0 aromatic heterocycles. The summed E-state index contributed by atoms with van der Waals surface area (Å²) in [6.45, 7) is 0.685. The molecule has 0 fully saturated rings. The highest BCUT2D eigenvalue weighted by Crippen LogP contribution is 2.17. The number of aliphatic hydroxyl groups is 1. The average Bonchev–Trinajstić information content (AvgIpc) is 2.81. The third-order valence-corrected chi connectivity index (χ3v) is 4.48. The monoisotopic (exact) mass is 416 g/mol. The highest BCUT2D eigenvalue weighted by Gasteiger charge is 2.09. The predicted molar refractivity (Wildman–Crippen MR) is 119 cm³/mol. The molecule has 0 amide bonds. The SMILES string of the molecule is O=C(/C=C/c1ccc(C(=O)c2ccc(OCCCCO)cc2)cc1)Oc1ccccc1. The molecule has 31 heavy (non-hydrogen) atoms. The van der Waals surface area contributed by atoms with Gasteiger partial charge in [-0.1, -0.05) is 42.5 Å². The lowest BCUT2D eigenvalue weighted by Gasteiger charge is -2.07. The quantitative estimate of drug-likeness (QED) is 0.171. The summed E-state index contributed by atoms with van der Waals surface area (Å²) < 4.78 is 10.8. The van der Waals surface area contributed by atoms with Crippen molar-refractivity contribution in [3.05, 3.63) is 102 Å². The zero-order chi connectivity index (χ0) is 21.9. The number of ether oxygens (including phenoxy) is 2. The lowest BCUT2D eigenvalue weighted by Crippen LogP contribution is -2.03. The van der Waals surface area contributed by atoms with Crippen LogP contribution >= 0.6 is 0 Å².